The summed E-state index contributed by atoms with van der Waals surface area (Å²) in [7, 11) is 1.76. The summed E-state index contributed by atoms with van der Waals surface area (Å²) >= 11 is 0. The molecular weight excluding hydrogens is 256 g/mol. The second-order valence-corrected chi connectivity index (χ2v) is 5.32. The number of benzene rings is 1. The zero-order valence-electron chi connectivity index (χ0n) is 11.5. The second-order valence-electron chi connectivity index (χ2n) is 5.32. The summed E-state index contributed by atoms with van der Waals surface area (Å²) < 4.78 is 5.48. The molecule has 0 spiro atoms. The number of amides is 2. The molecule has 2 aliphatic heterocycles. The lowest BCUT2D eigenvalue weighted by molar-refractivity contribution is -0.117. The normalized spacial score (nSPS) is 21.1. The Morgan fingerprint density at radius 2 is 2.35 bits per heavy atom. The lowest BCUT2D eigenvalue weighted by Gasteiger charge is -2.12. The number of nitrogens with zero attached hydrogens (tertiary/aromatic N) is 1. The number of fused-ring (bicyclic) bond motifs is 1. The highest BCUT2D eigenvalue weighted by Crippen LogP contribution is 2.28. The van der Waals surface area contributed by atoms with Gasteiger partial charge in [-0.2, -0.15) is 0 Å². The van der Waals surface area contributed by atoms with Crippen molar-refractivity contribution in [2.24, 2.45) is 0 Å². The molecule has 0 radical (unpaired) electrons. The largest absolute Gasteiger partial charge is 0.376 e. The number of nitrogens with one attached hydrogen (secondary N) is 1. The molecule has 1 N–H and O–H groups in total. The molecule has 1 fully saturated rings. The highest BCUT2D eigenvalue weighted by molar-refractivity contribution is 6.03. The minimum absolute atomic E-state index is 0.0666. The molecule has 0 aliphatic carbocycles. The molecule has 0 saturated carbocycles. The third-order valence-corrected chi connectivity index (χ3v) is 3.93. The van der Waals surface area contributed by atoms with Gasteiger partial charge in [-0.1, -0.05) is 0 Å². The first-order valence-corrected chi connectivity index (χ1v) is 6.94. The maximum Gasteiger partial charge on any atom is 0.251 e. The number of carbonyl (C=O) groups is 2. The fraction of sp³-hybridized carbons (Fsp3) is 0.467. The maximum atomic E-state index is 12.1. The topological polar surface area (TPSA) is 58.6 Å². The number of carbonyl (C=O) groups excluding carboxylic acids is 2. The van der Waals surface area contributed by atoms with Crippen LogP contribution in [0.1, 0.15) is 28.8 Å². The van der Waals surface area contributed by atoms with Crippen molar-refractivity contribution < 1.29 is 14.3 Å². The van der Waals surface area contributed by atoms with Crippen LogP contribution in [0.25, 0.3) is 0 Å². The molecule has 5 nitrogen and oxygen atoms in total. The summed E-state index contributed by atoms with van der Waals surface area (Å²) in [5, 5.41) is 2.89. The van der Waals surface area contributed by atoms with E-state index in [0.717, 1.165) is 30.7 Å². The molecule has 2 aliphatic rings. The van der Waals surface area contributed by atoms with Crippen LogP contribution in [-0.2, 0) is 16.0 Å². The summed E-state index contributed by atoms with van der Waals surface area (Å²) in [6, 6.07) is 5.40. The fourth-order valence-electron chi connectivity index (χ4n) is 2.73. The summed E-state index contributed by atoms with van der Waals surface area (Å²) in [5.74, 6) is -0.0396. The van der Waals surface area contributed by atoms with Gasteiger partial charge in [-0.05, 0) is 36.6 Å². The number of hydrogen-bond acceptors (Lipinski definition) is 3. The van der Waals surface area contributed by atoms with Crippen molar-refractivity contribution in [1.82, 2.24) is 5.32 Å². The molecular formula is C15H18N2O3. The minimum atomic E-state index is -0.106. The second kappa shape index (κ2) is 5.25. The van der Waals surface area contributed by atoms with Crippen molar-refractivity contribution in [2.75, 3.05) is 25.1 Å². The van der Waals surface area contributed by atoms with Crippen molar-refractivity contribution >= 4 is 17.5 Å². The highest BCUT2D eigenvalue weighted by atomic mass is 16.5. The molecule has 0 aromatic heterocycles. The van der Waals surface area contributed by atoms with Gasteiger partial charge >= 0.3 is 0 Å². The van der Waals surface area contributed by atoms with Crippen LogP contribution in [0, 0.1) is 0 Å². The summed E-state index contributed by atoms with van der Waals surface area (Å²) in [4.78, 5) is 25.3. The Labute approximate surface area is 117 Å². The van der Waals surface area contributed by atoms with Crippen LogP contribution < -0.4 is 10.2 Å². The van der Waals surface area contributed by atoms with E-state index < -0.39 is 0 Å². The number of anilines is 1. The first-order valence-electron chi connectivity index (χ1n) is 6.94. The van der Waals surface area contributed by atoms with Gasteiger partial charge in [-0.3, -0.25) is 9.59 Å². The Kier molecular flexibility index (Phi) is 3.44. The molecule has 2 heterocycles. The SMILES string of the molecule is CN1C(=O)Cc2cc(C(=O)NC[C@H]3CCCO3)ccc21. The van der Waals surface area contributed by atoms with Crippen LogP contribution in [0.4, 0.5) is 5.69 Å². The van der Waals surface area contributed by atoms with Crippen molar-refractivity contribution in [3.8, 4) is 0 Å². The van der Waals surface area contributed by atoms with Crippen LogP contribution in [0.5, 0.6) is 0 Å². The number of hydrogen-bond donors (Lipinski definition) is 1. The first kappa shape index (κ1) is 13.1. The van der Waals surface area contributed by atoms with Gasteiger partial charge in [0.25, 0.3) is 5.91 Å². The number of ether oxygens (including phenoxy) is 1. The van der Waals surface area contributed by atoms with Crippen LogP contribution >= 0.6 is 0 Å². The van der Waals surface area contributed by atoms with Crippen LogP contribution in [-0.4, -0.2) is 38.1 Å². The van der Waals surface area contributed by atoms with Gasteiger partial charge in [0.15, 0.2) is 0 Å². The standard InChI is InChI=1S/C15H18N2O3/c1-17-13-5-4-10(7-11(13)8-14(17)18)15(19)16-9-12-3-2-6-20-12/h4-5,7,12H,2-3,6,8-9H2,1H3,(H,16,19)/t12-/m1/s1. The van der Waals surface area contributed by atoms with E-state index in [-0.39, 0.29) is 17.9 Å². The quantitative estimate of drug-likeness (QED) is 0.898. The first-order chi connectivity index (χ1) is 9.65. The van der Waals surface area contributed by atoms with Crippen LogP contribution in [0.3, 0.4) is 0 Å². The smallest absolute Gasteiger partial charge is 0.251 e. The van der Waals surface area contributed by atoms with Gasteiger partial charge in [0.1, 0.15) is 0 Å². The predicted molar refractivity (Wildman–Crippen MR) is 74.9 cm³/mol. The molecule has 2 amide bonds. The molecule has 3 rings (SSSR count). The molecule has 106 valence electrons. The van der Waals surface area contributed by atoms with E-state index in [2.05, 4.69) is 5.32 Å². The molecule has 0 bridgehead atoms. The Morgan fingerprint density at radius 1 is 1.50 bits per heavy atom. The molecule has 1 aromatic rings. The number of rotatable bonds is 3. The fourth-order valence-corrected chi connectivity index (χ4v) is 2.73. The Morgan fingerprint density at radius 3 is 3.10 bits per heavy atom. The van der Waals surface area contributed by atoms with E-state index in [1.807, 2.05) is 12.1 Å². The molecule has 20 heavy (non-hydrogen) atoms. The van der Waals surface area contributed by atoms with E-state index >= 15 is 0 Å². The average Bonchev–Trinajstić information content (AvgIpc) is 3.05. The minimum Gasteiger partial charge on any atom is -0.376 e. The Bertz CT molecular complexity index is 550. The van der Waals surface area contributed by atoms with Crippen molar-refractivity contribution in [3.63, 3.8) is 0 Å². The van der Waals surface area contributed by atoms with E-state index in [0.29, 0.717) is 18.5 Å². The molecule has 1 aromatic carbocycles. The molecule has 5 heteroatoms. The Balaban J connectivity index is 1.67. The average molecular weight is 274 g/mol. The van der Waals surface area contributed by atoms with E-state index in [9.17, 15) is 9.59 Å². The molecule has 0 unspecified atom stereocenters. The van der Waals surface area contributed by atoms with Crippen molar-refractivity contribution in [1.29, 1.82) is 0 Å². The van der Waals surface area contributed by atoms with E-state index in [1.54, 1.807) is 18.0 Å². The van der Waals surface area contributed by atoms with E-state index in [1.165, 1.54) is 0 Å². The maximum absolute atomic E-state index is 12.1. The lowest BCUT2D eigenvalue weighted by Crippen LogP contribution is -2.31. The summed E-state index contributed by atoms with van der Waals surface area (Å²) in [6.45, 7) is 1.34. The molecule has 1 atom stereocenters. The lowest BCUT2D eigenvalue weighted by atomic mass is 10.1. The monoisotopic (exact) mass is 274 g/mol. The van der Waals surface area contributed by atoms with Gasteiger partial charge < -0.3 is 15.0 Å². The van der Waals surface area contributed by atoms with Gasteiger partial charge in [-0.25, -0.2) is 0 Å². The Hall–Kier alpha value is -1.88. The zero-order valence-corrected chi connectivity index (χ0v) is 11.5. The highest BCUT2D eigenvalue weighted by Gasteiger charge is 2.25. The van der Waals surface area contributed by atoms with Crippen molar-refractivity contribution in [2.45, 2.75) is 25.4 Å². The van der Waals surface area contributed by atoms with Gasteiger partial charge in [-0.15, -0.1) is 0 Å². The zero-order chi connectivity index (χ0) is 14.1. The van der Waals surface area contributed by atoms with Crippen molar-refractivity contribution in [3.05, 3.63) is 29.3 Å². The summed E-state index contributed by atoms with van der Waals surface area (Å²) in [6.07, 6.45) is 2.58. The van der Waals surface area contributed by atoms with Gasteiger partial charge in [0.2, 0.25) is 5.91 Å². The summed E-state index contributed by atoms with van der Waals surface area (Å²) in [5.41, 5.74) is 2.41. The van der Waals surface area contributed by atoms with Crippen LogP contribution in [0.2, 0.25) is 0 Å². The van der Waals surface area contributed by atoms with Gasteiger partial charge in [0, 0.05) is 31.5 Å². The predicted octanol–water partition coefficient (Wildman–Crippen LogP) is 1.11. The number of likely N-dealkylation sites (N-methyl/N-ethyl adjacent to an activating group) is 1. The molecule has 1 saturated heterocycles. The van der Waals surface area contributed by atoms with Crippen LogP contribution in [0.15, 0.2) is 18.2 Å². The third kappa shape index (κ3) is 2.41. The van der Waals surface area contributed by atoms with E-state index in [4.69, 9.17) is 4.74 Å². The van der Waals surface area contributed by atoms with Gasteiger partial charge in [0.05, 0.1) is 12.5 Å². The third-order valence-electron chi connectivity index (χ3n) is 3.93.